The van der Waals surface area contributed by atoms with Crippen LogP contribution in [-0.2, 0) is 14.3 Å². The van der Waals surface area contributed by atoms with Crippen LogP contribution in [0.3, 0.4) is 0 Å². The van der Waals surface area contributed by atoms with E-state index in [1.54, 1.807) is 12.1 Å². The van der Waals surface area contributed by atoms with Crippen molar-refractivity contribution in [3.05, 3.63) is 80.9 Å². The number of ether oxygens (including phenoxy) is 1. The van der Waals surface area contributed by atoms with Gasteiger partial charge in [0.15, 0.2) is 0 Å². The van der Waals surface area contributed by atoms with Crippen molar-refractivity contribution in [2.45, 2.75) is 32.3 Å². The van der Waals surface area contributed by atoms with Gasteiger partial charge < -0.3 is 14.9 Å². The number of nitro groups is 1. The quantitative estimate of drug-likeness (QED) is 0.252. The van der Waals surface area contributed by atoms with Crippen molar-refractivity contribution in [3.8, 4) is 5.75 Å². The molecule has 4 atom stereocenters. The van der Waals surface area contributed by atoms with E-state index >= 15 is 0 Å². The molecule has 2 saturated heterocycles. The maximum absolute atomic E-state index is 13.5. The summed E-state index contributed by atoms with van der Waals surface area (Å²) < 4.78 is 6.13. The van der Waals surface area contributed by atoms with Crippen molar-refractivity contribution in [3.63, 3.8) is 0 Å². The van der Waals surface area contributed by atoms with Gasteiger partial charge in [0.05, 0.1) is 41.8 Å². The summed E-state index contributed by atoms with van der Waals surface area (Å²) in [5.74, 6) is -2.10. The number of imide groups is 1. The summed E-state index contributed by atoms with van der Waals surface area (Å²) in [6.45, 7) is 2.09. The van der Waals surface area contributed by atoms with Crippen molar-refractivity contribution in [1.29, 1.82) is 0 Å². The first-order valence-electron chi connectivity index (χ1n) is 12.3. The Morgan fingerprint density at radius 3 is 2.62 bits per heavy atom. The Morgan fingerprint density at radius 1 is 1.16 bits per heavy atom. The van der Waals surface area contributed by atoms with E-state index in [0.29, 0.717) is 6.42 Å². The van der Waals surface area contributed by atoms with Gasteiger partial charge in [0.1, 0.15) is 5.75 Å². The molecule has 0 spiro atoms. The maximum Gasteiger partial charge on any atom is 0.271 e. The molecular weight excluding hydrogens is 476 g/mol. The number of carbonyl (C=O) groups excluding carboxylic acids is 2. The fourth-order valence-electron chi connectivity index (χ4n) is 5.91. The number of nitrogens with zero attached hydrogens (tertiary/aromatic N) is 2. The summed E-state index contributed by atoms with van der Waals surface area (Å²) in [7, 11) is 0. The van der Waals surface area contributed by atoms with Crippen LogP contribution >= 0.6 is 0 Å². The molecule has 0 unspecified atom stereocenters. The number of hydrogen-bond donors (Lipinski definition) is 2. The Kier molecular flexibility index (Phi) is 6.66. The number of rotatable bonds is 7. The van der Waals surface area contributed by atoms with Crippen LogP contribution in [0.1, 0.15) is 31.7 Å². The van der Waals surface area contributed by atoms with E-state index in [1.165, 1.54) is 24.3 Å². The number of carbonyl (C=O) groups is 2. The number of non-ortho nitro benzene ring substituents is 1. The third-order valence-corrected chi connectivity index (χ3v) is 7.60. The first-order chi connectivity index (χ1) is 17.8. The molecular formula is C28H28N2O7. The number of aromatic hydroxyl groups is 1. The third-order valence-electron chi connectivity index (χ3n) is 7.60. The highest BCUT2D eigenvalue weighted by Gasteiger charge is 2.57. The van der Waals surface area contributed by atoms with Crippen LogP contribution in [-0.4, -0.2) is 46.3 Å². The molecule has 5 rings (SSSR count). The molecule has 0 radical (unpaired) electrons. The van der Waals surface area contributed by atoms with E-state index in [9.17, 15) is 29.9 Å². The van der Waals surface area contributed by atoms with E-state index < -0.39 is 22.7 Å². The number of phenols is 1. The van der Waals surface area contributed by atoms with Crippen LogP contribution in [0.15, 0.2) is 65.3 Å². The topological polar surface area (TPSA) is 130 Å². The number of phenolic OH excluding ortho intramolecular Hbond substituents is 1. The zero-order chi connectivity index (χ0) is 26.3. The molecule has 2 amide bonds. The average Bonchev–Trinajstić information content (AvgIpc) is 3.42. The molecule has 2 aromatic rings. The predicted molar refractivity (Wildman–Crippen MR) is 136 cm³/mol. The zero-order valence-corrected chi connectivity index (χ0v) is 20.4. The van der Waals surface area contributed by atoms with Gasteiger partial charge in [-0.2, -0.15) is 0 Å². The molecule has 0 bridgehead atoms. The van der Waals surface area contributed by atoms with E-state index in [2.05, 4.69) is 0 Å². The number of hydrogen-bond acceptors (Lipinski definition) is 7. The molecule has 9 heteroatoms. The van der Waals surface area contributed by atoms with Crippen LogP contribution in [0, 0.1) is 27.9 Å². The monoisotopic (exact) mass is 504 g/mol. The second-order valence-corrected chi connectivity index (χ2v) is 9.89. The molecule has 9 nitrogen and oxygen atoms in total. The minimum atomic E-state index is -0.624. The van der Waals surface area contributed by atoms with E-state index in [4.69, 9.17) is 4.74 Å². The van der Waals surface area contributed by atoms with Crippen LogP contribution in [0.2, 0.25) is 0 Å². The van der Waals surface area contributed by atoms with Gasteiger partial charge in [-0.1, -0.05) is 29.8 Å². The predicted octanol–water partition coefficient (Wildman–Crippen LogP) is 4.00. The molecule has 1 aliphatic carbocycles. The summed E-state index contributed by atoms with van der Waals surface area (Å²) in [6.07, 6.45) is 3.46. The van der Waals surface area contributed by atoms with Gasteiger partial charge in [-0.15, -0.1) is 0 Å². The highest BCUT2D eigenvalue weighted by atomic mass is 16.6. The van der Waals surface area contributed by atoms with E-state index in [0.717, 1.165) is 33.6 Å². The maximum atomic E-state index is 13.5. The summed E-state index contributed by atoms with van der Waals surface area (Å²) in [4.78, 5) is 38.6. The first-order valence-corrected chi connectivity index (χ1v) is 12.3. The van der Waals surface area contributed by atoms with Crippen LogP contribution in [0.25, 0.3) is 6.08 Å². The van der Waals surface area contributed by atoms with E-state index in [1.807, 2.05) is 25.1 Å². The van der Waals surface area contributed by atoms with Gasteiger partial charge in [-0.3, -0.25) is 19.7 Å². The Morgan fingerprint density at radius 2 is 1.92 bits per heavy atom. The van der Waals surface area contributed by atoms with Crippen molar-refractivity contribution >= 4 is 29.3 Å². The van der Waals surface area contributed by atoms with Crippen molar-refractivity contribution < 1.29 is 29.5 Å². The number of fused-ring (bicyclic) bond motifs is 3. The molecule has 2 heterocycles. The molecule has 2 N–H and O–H groups in total. The van der Waals surface area contributed by atoms with Crippen molar-refractivity contribution in [1.82, 2.24) is 0 Å². The molecule has 2 aromatic carbocycles. The minimum absolute atomic E-state index is 0.191. The first kappa shape index (κ1) is 24.9. The van der Waals surface area contributed by atoms with Crippen LogP contribution in [0.5, 0.6) is 5.75 Å². The highest BCUT2D eigenvalue weighted by Crippen LogP contribution is 2.50. The average molecular weight is 505 g/mol. The Labute approximate surface area is 213 Å². The number of allylic oxidation sites excluding steroid dienone is 1. The lowest BCUT2D eigenvalue weighted by molar-refractivity contribution is -0.384. The molecule has 2 fully saturated rings. The van der Waals surface area contributed by atoms with Gasteiger partial charge >= 0.3 is 0 Å². The van der Waals surface area contributed by atoms with Gasteiger partial charge in [0.2, 0.25) is 11.8 Å². The van der Waals surface area contributed by atoms with Gasteiger partial charge in [-0.25, -0.2) is 4.90 Å². The molecule has 0 aromatic heterocycles. The molecule has 0 saturated carbocycles. The fraction of sp³-hybridized carbons (Fsp3) is 0.357. The summed E-state index contributed by atoms with van der Waals surface area (Å²) in [5, 5.41) is 30.9. The minimum Gasteiger partial charge on any atom is -0.508 e. The SMILES string of the molecule is C/C(=C\c1ccc(O)cc1)CC[C@H]1OC[C@H]2C1=C(CO)C[C@H]1C(=O)N(c3cccc([N+](=O)[O-])c3)C(=O)[C@H]12. The Bertz CT molecular complexity index is 1310. The van der Waals surface area contributed by atoms with Gasteiger partial charge in [0, 0.05) is 18.1 Å². The molecule has 3 aliphatic rings. The summed E-state index contributed by atoms with van der Waals surface area (Å²) in [5.41, 5.74) is 3.77. The number of amides is 2. The largest absolute Gasteiger partial charge is 0.508 e. The Balaban J connectivity index is 1.36. The molecule has 37 heavy (non-hydrogen) atoms. The number of aliphatic hydroxyl groups excluding tert-OH is 1. The van der Waals surface area contributed by atoms with E-state index in [-0.39, 0.29) is 54.7 Å². The second-order valence-electron chi connectivity index (χ2n) is 9.89. The van der Waals surface area contributed by atoms with Gasteiger partial charge in [0.25, 0.3) is 5.69 Å². The lowest BCUT2D eigenvalue weighted by Gasteiger charge is -2.31. The number of benzene rings is 2. The molecule has 2 aliphatic heterocycles. The summed E-state index contributed by atoms with van der Waals surface area (Å²) in [6, 6.07) is 12.5. The number of aliphatic hydroxyl groups is 1. The highest BCUT2D eigenvalue weighted by molar-refractivity contribution is 6.22. The fourth-order valence-corrected chi connectivity index (χ4v) is 5.91. The van der Waals surface area contributed by atoms with Crippen LogP contribution < -0.4 is 4.90 Å². The zero-order valence-electron chi connectivity index (χ0n) is 20.4. The second kappa shape index (κ2) is 9.91. The third kappa shape index (κ3) is 4.56. The smallest absolute Gasteiger partial charge is 0.271 e. The normalized spacial score (nSPS) is 25.5. The van der Waals surface area contributed by atoms with Crippen molar-refractivity contribution in [2.24, 2.45) is 17.8 Å². The number of anilines is 1. The summed E-state index contributed by atoms with van der Waals surface area (Å²) >= 11 is 0. The lowest BCUT2D eigenvalue weighted by atomic mass is 9.69. The standard InChI is InChI=1S/C28H28N2O7/c1-16(11-17-6-8-21(32)9-7-17)5-10-24-25-18(14-31)12-22-26(23(25)15-37-24)28(34)29(27(22)33)19-3-2-4-20(13-19)30(35)36/h2-4,6-9,11,13,22-24,26,31-32H,5,10,12,14-15H2,1H3/b16-11+/t22-,23+,24-,26-/m1/s1. The molecule has 192 valence electrons. The van der Waals surface area contributed by atoms with Crippen molar-refractivity contribution in [2.75, 3.05) is 18.1 Å². The number of nitro benzene ring substituents is 1. The van der Waals surface area contributed by atoms with Crippen LogP contribution in [0.4, 0.5) is 11.4 Å². The Hall–Kier alpha value is -3.82. The lowest BCUT2D eigenvalue weighted by Crippen LogP contribution is -2.35. The van der Waals surface area contributed by atoms with Gasteiger partial charge in [-0.05, 0) is 61.1 Å².